The van der Waals surface area contributed by atoms with Crippen molar-refractivity contribution in [3.8, 4) is 17.6 Å². The summed E-state index contributed by atoms with van der Waals surface area (Å²) < 4.78 is 5.58. The van der Waals surface area contributed by atoms with Crippen LogP contribution < -0.4 is 10.1 Å². The molecule has 4 nitrogen and oxygen atoms in total. The van der Waals surface area contributed by atoms with Gasteiger partial charge < -0.3 is 15.0 Å². The van der Waals surface area contributed by atoms with Gasteiger partial charge in [-0.1, -0.05) is 36.1 Å². The Morgan fingerprint density at radius 2 is 2.04 bits per heavy atom. The monoisotopic (exact) mass is 318 g/mol. The number of aryl methyl sites for hydroxylation is 1. The highest BCUT2D eigenvalue weighted by Crippen LogP contribution is 2.15. The van der Waals surface area contributed by atoms with E-state index in [4.69, 9.17) is 4.74 Å². The molecule has 0 aliphatic carbocycles. The Morgan fingerprint density at radius 3 is 2.92 bits per heavy atom. The second-order valence-corrected chi connectivity index (χ2v) is 5.37. The molecule has 120 valence electrons. The Morgan fingerprint density at radius 1 is 1.17 bits per heavy atom. The van der Waals surface area contributed by atoms with E-state index in [9.17, 15) is 4.79 Å². The smallest absolute Gasteiger partial charge is 0.252 e. The third kappa shape index (κ3) is 3.76. The van der Waals surface area contributed by atoms with Gasteiger partial charge in [-0.3, -0.25) is 4.79 Å². The Hall–Kier alpha value is -3.19. The lowest BCUT2D eigenvalue weighted by Crippen LogP contribution is -2.23. The first-order valence-corrected chi connectivity index (χ1v) is 7.73. The second kappa shape index (κ2) is 7.38. The minimum atomic E-state index is -0.138. The summed E-state index contributed by atoms with van der Waals surface area (Å²) in [6.07, 6.45) is 1.85. The maximum Gasteiger partial charge on any atom is 0.252 e. The molecule has 4 heteroatoms. The number of ether oxygens (including phenoxy) is 1. The summed E-state index contributed by atoms with van der Waals surface area (Å²) in [5, 5.41) is 3.87. The van der Waals surface area contributed by atoms with Crippen molar-refractivity contribution < 1.29 is 9.53 Å². The van der Waals surface area contributed by atoms with Gasteiger partial charge in [0.25, 0.3) is 5.91 Å². The Bertz CT molecular complexity index is 916. The molecule has 0 aliphatic rings. The van der Waals surface area contributed by atoms with Gasteiger partial charge in [0, 0.05) is 17.3 Å². The highest BCUT2D eigenvalue weighted by Gasteiger charge is 2.05. The van der Waals surface area contributed by atoms with Crippen molar-refractivity contribution in [2.24, 2.45) is 0 Å². The van der Waals surface area contributed by atoms with Crippen molar-refractivity contribution in [3.05, 3.63) is 65.9 Å². The van der Waals surface area contributed by atoms with E-state index in [0.717, 1.165) is 22.2 Å². The number of hydrogen-bond acceptors (Lipinski definition) is 2. The molecule has 0 bridgehead atoms. The van der Waals surface area contributed by atoms with E-state index in [1.54, 1.807) is 6.07 Å². The molecule has 0 spiro atoms. The summed E-state index contributed by atoms with van der Waals surface area (Å²) in [4.78, 5) is 15.2. The number of fused-ring (bicyclic) bond motifs is 1. The summed E-state index contributed by atoms with van der Waals surface area (Å²) >= 11 is 0. The van der Waals surface area contributed by atoms with Crippen molar-refractivity contribution in [2.45, 2.75) is 6.92 Å². The minimum absolute atomic E-state index is 0.138. The zero-order chi connectivity index (χ0) is 16.8. The molecule has 2 aromatic carbocycles. The molecule has 1 aromatic heterocycles. The molecule has 0 radical (unpaired) electrons. The first-order chi connectivity index (χ1) is 11.7. The average molecular weight is 318 g/mol. The van der Waals surface area contributed by atoms with Crippen LogP contribution in [-0.2, 0) is 0 Å². The number of aromatic amines is 1. The van der Waals surface area contributed by atoms with Crippen LogP contribution in [0, 0.1) is 18.8 Å². The van der Waals surface area contributed by atoms with Crippen LogP contribution in [0.3, 0.4) is 0 Å². The lowest BCUT2D eigenvalue weighted by atomic mass is 10.1. The predicted octanol–water partition coefficient (Wildman–Crippen LogP) is 3.29. The zero-order valence-corrected chi connectivity index (χ0v) is 13.4. The number of para-hydroxylation sites is 1. The van der Waals surface area contributed by atoms with E-state index in [0.29, 0.717) is 18.7 Å². The molecular weight excluding hydrogens is 300 g/mol. The van der Waals surface area contributed by atoms with E-state index in [2.05, 4.69) is 22.1 Å². The van der Waals surface area contributed by atoms with Gasteiger partial charge in [-0.05, 0) is 42.1 Å². The van der Waals surface area contributed by atoms with Crippen molar-refractivity contribution in [1.29, 1.82) is 0 Å². The molecule has 3 rings (SSSR count). The quantitative estimate of drug-likeness (QED) is 0.725. The van der Waals surface area contributed by atoms with Crippen LogP contribution in [0.4, 0.5) is 0 Å². The first-order valence-electron chi connectivity index (χ1n) is 7.73. The molecule has 3 aromatic rings. The number of hydrogen-bond donors (Lipinski definition) is 2. The van der Waals surface area contributed by atoms with Gasteiger partial charge in [-0.25, -0.2) is 0 Å². The molecule has 1 heterocycles. The van der Waals surface area contributed by atoms with E-state index < -0.39 is 0 Å². The topological polar surface area (TPSA) is 54.1 Å². The zero-order valence-electron chi connectivity index (χ0n) is 13.4. The number of carbonyl (C=O) groups is 1. The number of carbonyl (C=O) groups excluding carboxylic acids is 1. The largest absolute Gasteiger partial charge is 0.481 e. The second-order valence-electron chi connectivity index (χ2n) is 5.37. The van der Waals surface area contributed by atoms with Crippen LogP contribution in [0.15, 0.2) is 54.7 Å². The van der Waals surface area contributed by atoms with Crippen molar-refractivity contribution in [1.82, 2.24) is 10.3 Å². The van der Waals surface area contributed by atoms with Crippen LogP contribution in [0.1, 0.15) is 15.9 Å². The molecule has 1 amide bonds. The number of nitrogens with one attached hydrogen (secondary N) is 2. The van der Waals surface area contributed by atoms with Crippen LogP contribution in [0.2, 0.25) is 0 Å². The van der Waals surface area contributed by atoms with Gasteiger partial charge in [0.05, 0.1) is 6.54 Å². The fourth-order valence-electron chi connectivity index (χ4n) is 2.36. The average Bonchev–Trinajstić information content (AvgIpc) is 3.07. The molecule has 0 saturated carbocycles. The number of aromatic nitrogens is 1. The van der Waals surface area contributed by atoms with E-state index in [1.807, 2.05) is 55.6 Å². The van der Waals surface area contributed by atoms with Crippen LogP contribution in [-0.4, -0.2) is 24.0 Å². The summed E-state index contributed by atoms with van der Waals surface area (Å²) in [5.74, 6) is 6.48. The Balaban J connectivity index is 1.48. The number of rotatable bonds is 4. The minimum Gasteiger partial charge on any atom is -0.481 e. The molecule has 0 saturated heterocycles. The molecule has 24 heavy (non-hydrogen) atoms. The van der Waals surface area contributed by atoms with Crippen LogP contribution in [0.25, 0.3) is 10.9 Å². The fourth-order valence-corrected chi connectivity index (χ4v) is 2.36. The maximum absolute atomic E-state index is 12.1. The number of benzene rings is 2. The van der Waals surface area contributed by atoms with Crippen molar-refractivity contribution in [2.75, 3.05) is 13.2 Å². The molecule has 0 atom stereocenters. The van der Waals surface area contributed by atoms with Gasteiger partial charge in [0.2, 0.25) is 0 Å². The van der Waals surface area contributed by atoms with Gasteiger partial charge in [0.1, 0.15) is 12.4 Å². The summed E-state index contributed by atoms with van der Waals surface area (Å²) in [7, 11) is 0. The SMILES string of the molecule is Cc1ccccc1OCC#CCNC(=O)c1ccc2cc[nH]c2c1. The predicted molar refractivity (Wildman–Crippen MR) is 95.1 cm³/mol. The maximum atomic E-state index is 12.1. The van der Waals surface area contributed by atoms with Crippen LogP contribution in [0.5, 0.6) is 5.75 Å². The third-order valence-electron chi connectivity index (χ3n) is 3.67. The van der Waals surface area contributed by atoms with E-state index >= 15 is 0 Å². The number of amides is 1. The van der Waals surface area contributed by atoms with Gasteiger partial charge in [0.15, 0.2) is 0 Å². The summed E-state index contributed by atoms with van der Waals surface area (Å²) in [5.41, 5.74) is 2.63. The Labute approximate surface area is 140 Å². The highest BCUT2D eigenvalue weighted by atomic mass is 16.5. The molecule has 0 fully saturated rings. The van der Waals surface area contributed by atoms with Gasteiger partial charge >= 0.3 is 0 Å². The van der Waals surface area contributed by atoms with Gasteiger partial charge in [-0.2, -0.15) is 0 Å². The molecule has 0 unspecified atom stereocenters. The molecule has 2 N–H and O–H groups in total. The lowest BCUT2D eigenvalue weighted by Gasteiger charge is -2.04. The van der Waals surface area contributed by atoms with Crippen LogP contribution >= 0.6 is 0 Å². The van der Waals surface area contributed by atoms with Crippen molar-refractivity contribution >= 4 is 16.8 Å². The highest BCUT2D eigenvalue weighted by molar-refractivity contribution is 5.97. The van der Waals surface area contributed by atoms with E-state index in [-0.39, 0.29) is 5.91 Å². The third-order valence-corrected chi connectivity index (χ3v) is 3.67. The van der Waals surface area contributed by atoms with E-state index in [1.165, 1.54) is 0 Å². The first kappa shape index (κ1) is 15.7. The standard InChI is InChI=1S/C20H18N2O2/c1-15-6-2-3-7-19(15)24-13-5-4-11-22-20(23)17-9-8-16-10-12-21-18(16)14-17/h2-3,6-10,12,14,21H,11,13H2,1H3,(H,22,23). The summed E-state index contributed by atoms with van der Waals surface area (Å²) in [6, 6.07) is 15.3. The summed E-state index contributed by atoms with van der Waals surface area (Å²) in [6.45, 7) is 2.58. The lowest BCUT2D eigenvalue weighted by molar-refractivity contribution is 0.0959. The number of H-pyrrole nitrogens is 1. The van der Waals surface area contributed by atoms with Crippen molar-refractivity contribution in [3.63, 3.8) is 0 Å². The van der Waals surface area contributed by atoms with Gasteiger partial charge in [-0.15, -0.1) is 0 Å². The normalized spacial score (nSPS) is 10.0. The Kier molecular flexibility index (Phi) is 4.83. The fraction of sp³-hybridized carbons (Fsp3) is 0.150. The molecular formula is C20H18N2O2. The molecule has 0 aliphatic heterocycles.